The van der Waals surface area contributed by atoms with Gasteiger partial charge in [-0.2, -0.15) is 0 Å². The van der Waals surface area contributed by atoms with Crippen LogP contribution in [0.4, 0.5) is 0 Å². The zero-order chi connectivity index (χ0) is 15.8. The van der Waals surface area contributed by atoms with E-state index in [1.807, 2.05) is 0 Å². The third-order valence-electron chi connectivity index (χ3n) is 5.14. The Morgan fingerprint density at radius 2 is 0.952 bits per heavy atom. The van der Waals surface area contributed by atoms with Crippen LogP contribution in [-0.4, -0.2) is 12.1 Å². The van der Waals surface area contributed by atoms with Gasteiger partial charge in [-0.1, -0.05) is 91.4 Å². The topological polar surface area (TPSA) is 12.0 Å². The van der Waals surface area contributed by atoms with Crippen LogP contribution in [0, 0.1) is 0 Å². The van der Waals surface area contributed by atoms with Crippen LogP contribution in [0.25, 0.3) is 0 Å². The van der Waals surface area contributed by atoms with Gasteiger partial charge in [0.05, 0.1) is 0 Å². The monoisotopic (exact) mass is 297 g/mol. The number of hydrogen-bond donors (Lipinski definition) is 1. The SMILES string of the molecule is CCCCCCCCCCCCCCNC(C)(CC)CC. The molecule has 0 amide bonds. The first-order valence-corrected chi connectivity index (χ1v) is 9.93. The molecule has 0 aliphatic heterocycles. The molecule has 0 aliphatic rings. The van der Waals surface area contributed by atoms with E-state index < -0.39 is 0 Å². The Hall–Kier alpha value is -0.0400. The zero-order valence-corrected chi connectivity index (χ0v) is 15.6. The second kappa shape index (κ2) is 14.9. The van der Waals surface area contributed by atoms with Crippen LogP contribution in [0.15, 0.2) is 0 Å². The van der Waals surface area contributed by atoms with Crippen LogP contribution in [0.1, 0.15) is 118 Å². The van der Waals surface area contributed by atoms with Gasteiger partial charge in [0.1, 0.15) is 0 Å². The first-order chi connectivity index (χ1) is 10.2. The lowest BCUT2D eigenvalue weighted by atomic mass is 9.95. The third kappa shape index (κ3) is 13.4. The lowest BCUT2D eigenvalue weighted by Crippen LogP contribution is -2.41. The Kier molecular flexibility index (Phi) is 14.9. The molecule has 1 N–H and O–H groups in total. The summed E-state index contributed by atoms with van der Waals surface area (Å²) in [6, 6.07) is 0. The summed E-state index contributed by atoms with van der Waals surface area (Å²) >= 11 is 0. The van der Waals surface area contributed by atoms with Crippen molar-refractivity contribution in [2.24, 2.45) is 0 Å². The van der Waals surface area contributed by atoms with Crippen LogP contribution >= 0.6 is 0 Å². The Bertz CT molecular complexity index is 196. The highest BCUT2D eigenvalue weighted by Gasteiger charge is 2.17. The number of unbranched alkanes of at least 4 members (excludes halogenated alkanes) is 11. The lowest BCUT2D eigenvalue weighted by Gasteiger charge is -2.28. The van der Waals surface area contributed by atoms with Crippen molar-refractivity contribution >= 4 is 0 Å². The van der Waals surface area contributed by atoms with E-state index in [0.717, 1.165) is 0 Å². The van der Waals surface area contributed by atoms with E-state index in [4.69, 9.17) is 0 Å². The molecule has 0 radical (unpaired) electrons. The molecule has 0 aromatic rings. The summed E-state index contributed by atoms with van der Waals surface area (Å²) in [5, 5.41) is 3.73. The molecule has 0 aliphatic carbocycles. The van der Waals surface area contributed by atoms with Crippen molar-refractivity contribution in [2.45, 2.75) is 123 Å². The molecule has 1 nitrogen and oxygen atoms in total. The maximum atomic E-state index is 3.73. The van der Waals surface area contributed by atoms with Crippen molar-refractivity contribution in [3.05, 3.63) is 0 Å². The second-order valence-electron chi connectivity index (χ2n) is 7.08. The standard InChI is InChI=1S/C20H43N/c1-5-8-9-10-11-12-13-14-15-16-17-18-19-21-20(4,6-2)7-3/h21H,5-19H2,1-4H3. The Balaban J connectivity index is 3.16. The predicted molar refractivity (Wildman–Crippen MR) is 98.1 cm³/mol. The molecule has 0 saturated carbocycles. The van der Waals surface area contributed by atoms with Gasteiger partial charge >= 0.3 is 0 Å². The zero-order valence-electron chi connectivity index (χ0n) is 15.6. The van der Waals surface area contributed by atoms with Gasteiger partial charge < -0.3 is 5.32 Å². The minimum atomic E-state index is 0.373. The summed E-state index contributed by atoms with van der Waals surface area (Å²) < 4.78 is 0. The summed E-state index contributed by atoms with van der Waals surface area (Å²) in [4.78, 5) is 0. The Labute approximate surface area is 135 Å². The first-order valence-electron chi connectivity index (χ1n) is 9.93. The average molecular weight is 298 g/mol. The molecule has 0 aromatic heterocycles. The summed E-state index contributed by atoms with van der Waals surface area (Å²) in [6.45, 7) is 10.4. The molecule has 0 rings (SSSR count). The molecular formula is C20H43N. The van der Waals surface area contributed by atoms with Crippen molar-refractivity contribution < 1.29 is 0 Å². The molecule has 0 spiro atoms. The van der Waals surface area contributed by atoms with Crippen molar-refractivity contribution in [2.75, 3.05) is 6.54 Å². The molecule has 0 bridgehead atoms. The minimum absolute atomic E-state index is 0.373. The van der Waals surface area contributed by atoms with Gasteiger partial charge in [0.25, 0.3) is 0 Å². The van der Waals surface area contributed by atoms with Crippen LogP contribution < -0.4 is 5.32 Å². The maximum Gasteiger partial charge on any atom is 0.0148 e. The van der Waals surface area contributed by atoms with Crippen LogP contribution in [0.2, 0.25) is 0 Å². The molecular weight excluding hydrogens is 254 g/mol. The maximum absolute atomic E-state index is 3.73. The molecule has 0 heterocycles. The smallest absolute Gasteiger partial charge is 0.0148 e. The number of nitrogens with one attached hydrogen (secondary N) is 1. The lowest BCUT2D eigenvalue weighted by molar-refractivity contribution is 0.328. The van der Waals surface area contributed by atoms with Crippen molar-refractivity contribution in [3.63, 3.8) is 0 Å². The number of hydrogen-bond acceptors (Lipinski definition) is 1. The van der Waals surface area contributed by atoms with E-state index in [-0.39, 0.29) is 0 Å². The largest absolute Gasteiger partial charge is 0.312 e. The van der Waals surface area contributed by atoms with Gasteiger partial charge in [-0.15, -0.1) is 0 Å². The van der Waals surface area contributed by atoms with Crippen molar-refractivity contribution in [1.82, 2.24) is 5.32 Å². The highest BCUT2D eigenvalue weighted by Crippen LogP contribution is 2.14. The molecule has 0 saturated heterocycles. The van der Waals surface area contributed by atoms with Gasteiger partial charge in [0.15, 0.2) is 0 Å². The van der Waals surface area contributed by atoms with Gasteiger partial charge in [-0.05, 0) is 32.7 Å². The fraction of sp³-hybridized carbons (Fsp3) is 1.00. The van der Waals surface area contributed by atoms with E-state index in [2.05, 4.69) is 33.0 Å². The van der Waals surface area contributed by atoms with Gasteiger partial charge in [0, 0.05) is 5.54 Å². The Morgan fingerprint density at radius 3 is 1.33 bits per heavy atom. The number of rotatable bonds is 16. The molecule has 128 valence electrons. The minimum Gasteiger partial charge on any atom is -0.312 e. The van der Waals surface area contributed by atoms with Gasteiger partial charge in [0.2, 0.25) is 0 Å². The van der Waals surface area contributed by atoms with Crippen LogP contribution in [-0.2, 0) is 0 Å². The van der Waals surface area contributed by atoms with Crippen LogP contribution in [0.5, 0.6) is 0 Å². The summed E-state index contributed by atoms with van der Waals surface area (Å²) in [5.41, 5.74) is 0.373. The van der Waals surface area contributed by atoms with E-state index in [9.17, 15) is 0 Å². The molecule has 0 aromatic carbocycles. The van der Waals surface area contributed by atoms with Crippen molar-refractivity contribution in [3.8, 4) is 0 Å². The summed E-state index contributed by atoms with van der Waals surface area (Å²) in [6.07, 6.45) is 19.7. The van der Waals surface area contributed by atoms with Gasteiger partial charge in [-0.3, -0.25) is 0 Å². The quantitative estimate of drug-likeness (QED) is 0.307. The highest BCUT2D eigenvalue weighted by molar-refractivity contribution is 4.79. The molecule has 0 atom stereocenters. The molecule has 0 fully saturated rings. The van der Waals surface area contributed by atoms with Crippen LogP contribution in [0.3, 0.4) is 0 Å². The fourth-order valence-corrected chi connectivity index (χ4v) is 2.86. The predicted octanol–water partition coefficient (Wildman–Crippen LogP) is 6.86. The Morgan fingerprint density at radius 1 is 0.571 bits per heavy atom. The highest BCUT2D eigenvalue weighted by atomic mass is 15.0. The second-order valence-corrected chi connectivity index (χ2v) is 7.08. The normalized spacial score (nSPS) is 12.0. The third-order valence-corrected chi connectivity index (χ3v) is 5.14. The van der Waals surface area contributed by atoms with E-state index >= 15 is 0 Å². The molecule has 0 unspecified atom stereocenters. The first kappa shape index (κ1) is 21.0. The van der Waals surface area contributed by atoms with Crippen molar-refractivity contribution in [1.29, 1.82) is 0 Å². The fourth-order valence-electron chi connectivity index (χ4n) is 2.86. The summed E-state index contributed by atoms with van der Waals surface area (Å²) in [7, 11) is 0. The summed E-state index contributed by atoms with van der Waals surface area (Å²) in [5.74, 6) is 0. The molecule has 21 heavy (non-hydrogen) atoms. The van der Waals surface area contributed by atoms with Gasteiger partial charge in [-0.25, -0.2) is 0 Å². The average Bonchev–Trinajstić information content (AvgIpc) is 2.51. The van der Waals surface area contributed by atoms with E-state index in [1.165, 1.54) is 96.4 Å². The molecule has 1 heteroatoms. The van der Waals surface area contributed by atoms with E-state index in [1.54, 1.807) is 0 Å². The van der Waals surface area contributed by atoms with E-state index in [0.29, 0.717) is 5.54 Å².